The lowest BCUT2D eigenvalue weighted by Gasteiger charge is -2.03. The van der Waals surface area contributed by atoms with Crippen LogP contribution in [0.25, 0.3) is 5.57 Å². The summed E-state index contributed by atoms with van der Waals surface area (Å²) >= 11 is 0. The smallest absolute Gasteiger partial charge is 0.0918 e. The molecule has 1 aromatic rings. The average molecular weight is 166 g/mol. The van der Waals surface area contributed by atoms with Gasteiger partial charge < -0.3 is 0 Å². The van der Waals surface area contributed by atoms with E-state index in [1.54, 1.807) is 0 Å². The molecule has 0 atom stereocenters. The molecule has 0 saturated carbocycles. The number of nitrogens with one attached hydrogen (secondary N) is 1. The zero-order valence-corrected chi connectivity index (χ0v) is 6.63. The Morgan fingerprint density at radius 3 is 2.58 bits per heavy atom. The second-order valence-corrected chi connectivity index (χ2v) is 2.38. The molecule has 3 heteroatoms. The normalized spacial score (nSPS) is 11.7. The lowest BCUT2D eigenvalue weighted by atomic mass is 10.1. The molecular weight excluding hydrogens is 155 g/mol. The Labute approximate surface area is 70.9 Å². The molecule has 0 spiro atoms. The molecule has 0 fully saturated rings. The molecule has 64 valence electrons. The van der Waals surface area contributed by atoms with Crippen molar-refractivity contribution < 1.29 is 4.39 Å². The van der Waals surface area contributed by atoms with Gasteiger partial charge in [0.1, 0.15) is 0 Å². The quantitative estimate of drug-likeness (QED) is 0.527. The Hall–Kier alpha value is -1.19. The highest BCUT2D eigenvalue weighted by molar-refractivity contribution is 5.65. The molecule has 0 aromatic heterocycles. The molecule has 0 radical (unpaired) electrons. The molecule has 0 saturated heterocycles. The minimum atomic E-state index is 0.334. The molecule has 0 aliphatic rings. The third-order valence-electron chi connectivity index (χ3n) is 1.57. The number of hydrazine groups is 1. The van der Waals surface area contributed by atoms with Crippen molar-refractivity contribution in [2.45, 2.75) is 0 Å². The van der Waals surface area contributed by atoms with Crippen molar-refractivity contribution in [3.05, 3.63) is 42.2 Å². The minimum absolute atomic E-state index is 0.334. The number of benzene rings is 1. The van der Waals surface area contributed by atoms with Crippen molar-refractivity contribution in [2.24, 2.45) is 5.84 Å². The van der Waals surface area contributed by atoms with Crippen LogP contribution in [0.3, 0.4) is 0 Å². The minimum Gasteiger partial charge on any atom is -0.271 e. The molecule has 0 amide bonds. The first-order chi connectivity index (χ1) is 5.88. The molecule has 1 rings (SSSR count). The van der Waals surface area contributed by atoms with Crippen molar-refractivity contribution >= 4 is 5.57 Å². The maximum atomic E-state index is 12.3. The fourth-order valence-corrected chi connectivity index (χ4v) is 0.966. The van der Waals surface area contributed by atoms with Crippen LogP contribution in [0.5, 0.6) is 0 Å². The highest BCUT2D eigenvalue weighted by Gasteiger charge is 1.98. The molecule has 2 nitrogen and oxygen atoms in total. The van der Waals surface area contributed by atoms with Crippen LogP contribution in [-0.4, -0.2) is 6.54 Å². The van der Waals surface area contributed by atoms with E-state index in [1.807, 2.05) is 30.3 Å². The van der Waals surface area contributed by atoms with E-state index in [0.717, 1.165) is 5.56 Å². The molecule has 1 aromatic carbocycles. The molecule has 0 heterocycles. The van der Waals surface area contributed by atoms with Gasteiger partial charge in [-0.1, -0.05) is 30.3 Å². The van der Waals surface area contributed by atoms with Gasteiger partial charge in [0, 0.05) is 12.1 Å². The first kappa shape index (κ1) is 8.90. The van der Waals surface area contributed by atoms with Crippen molar-refractivity contribution in [3.63, 3.8) is 0 Å². The topological polar surface area (TPSA) is 38.0 Å². The maximum absolute atomic E-state index is 12.3. The fraction of sp³-hybridized carbons (Fsp3) is 0.111. The lowest BCUT2D eigenvalue weighted by molar-refractivity contribution is 0.714. The van der Waals surface area contributed by atoms with Crippen LogP contribution in [-0.2, 0) is 0 Å². The zero-order chi connectivity index (χ0) is 8.81. The van der Waals surface area contributed by atoms with Crippen molar-refractivity contribution in [1.29, 1.82) is 0 Å². The van der Waals surface area contributed by atoms with Gasteiger partial charge in [-0.25, -0.2) is 4.39 Å². The average Bonchev–Trinajstić information content (AvgIpc) is 2.15. The summed E-state index contributed by atoms with van der Waals surface area (Å²) in [6, 6.07) is 9.27. The van der Waals surface area contributed by atoms with Gasteiger partial charge in [0.15, 0.2) is 0 Å². The molecule has 12 heavy (non-hydrogen) atoms. The van der Waals surface area contributed by atoms with Crippen LogP contribution in [0, 0.1) is 0 Å². The Morgan fingerprint density at radius 2 is 2.08 bits per heavy atom. The predicted molar refractivity (Wildman–Crippen MR) is 47.7 cm³/mol. The van der Waals surface area contributed by atoms with Crippen molar-refractivity contribution in [2.75, 3.05) is 6.54 Å². The monoisotopic (exact) mass is 166 g/mol. The molecule has 0 aliphatic carbocycles. The third-order valence-corrected chi connectivity index (χ3v) is 1.57. The van der Waals surface area contributed by atoms with Gasteiger partial charge in [-0.3, -0.25) is 11.3 Å². The van der Waals surface area contributed by atoms with E-state index in [2.05, 4.69) is 5.43 Å². The standard InChI is InChI=1S/C9H11FN2/c10-6-9(7-12-11)8-4-2-1-3-5-8/h1-6,12H,7,11H2. The van der Waals surface area contributed by atoms with Gasteiger partial charge in [-0.2, -0.15) is 0 Å². The Bertz CT molecular complexity index is 256. The van der Waals surface area contributed by atoms with Crippen LogP contribution in [0.2, 0.25) is 0 Å². The summed E-state index contributed by atoms with van der Waals surface area (Å²) in [5.41, 5.74) is 3.81. The number of nitrogens with two attached hydrogens (primary N) is 1. The first-order valence-electron chi connectivity index (χ1n) is 3.66. The van der Waals surface area contributed by atoms with E-state index >= 15 is 0 Å². The number of rotatable bonds is 3. The predicted octanol–water partition coefficient (Wildman–Crippen LogP) is 1.46. The summed E-state index contributed by atoms with van der Waals surface area (Å²) < 4.78 is 12.3. The zero-order valence-electron chi connectivity index (χ0n) is 6.63. The molecule has 0 bridgehead atoms. The molecule has 3 N–H and O–H groups in total. The Morgan fingerprint density at radius 1 is 1.42 bits per heavy atom. The second-order valence-electron chi connectivity index (χ2n) is 2.38. The second kappa shape index (κ2) is 4.64. The van der Waals surface area contributed by atoms with E-state index in [0.29, 0.717) is 18.4 Å². The lowest BCUT2D eigenvalue weighted by Crippen LogP contribution is -2.23. The summed E-state index contributed by atoms with van der Waals surface area (Å²) in [6.45, 7) is 0.334. The van der Waals surface area contributed by atoms with Crippen LogP contribution in [0.4, 0.5) is 4.39 Å². The van der Waals surface area contributed by atoms with Gasteiger partial charge in [0.05, 0.1) is 6.33 Å². The van der Waals surface area contributed by atoms with Crippen LogP contribution < -0.4 is 11.3 Å². The van der Waals surface area contributed by atoms with Crippen molar-refractivity contribution in [3.8, 4) is 0 Å². The summed E-state index contributed by atoms with van der Waals surface area (Å²) in [7, 11) is 0. The summed E-state index contributed by atoms with van der Waals surface area (Å²) in [5.74, 6) is 5.08. The Kier molecular flexibility index (Phi) is 3.44. The van der Waals surface area contributed by atoms with Gasteiger partial charge in [-0.05, 0) is 5.56 Å². The third kappa shape index (κ3) is 2.15. The van der Waals surface area contributed by atoms with Crippen LogP contribution in [0.1, 0.15) is 5.56 Å². The van der Waals surface area contributed by atoms with E-state index in [-0.39, 0.29) is 0 Å². The first-order valence-corrected chi connectivity index (χ1v) is 3.66. The number of hydrogen-bond donors (Lipinski definition) is 2. The summed E-state index contributed by atoms with van der Waals surface area (Å²) in [6.07, 6.45) is 0.565. The van der Waals surface area contributed by atoms with E-state index in [9.17, 15) is 4.39 Å². The molecular formula is C9H11FN2. The van der Waals surface area contributed by atoms with Gasteiger partial charge in [-0.15, -0.1) is 0 Å². The summed E-state index contributed by atoms with van der Waals surface area (Å²) in [5, 5.41) is 0. The molecule has 0 aliphatic heterocycles. The maximum Gasteiger partial charge on any atom is 0.0918 e. The van der Waals surface area contributed by atoms with E-state index in [1.165, 1.54) is 0 Å². The Balaban J connectivity index is 2.82. The van der Waals surface area contributed by atoms with Crippen LogP contribution in [0.15, 0.2) is 36.7 Å². The van der Waals surface area contributed by atoms with Gasteiger partial charge in [0.2, 0.25) is 0 Å². The van der Waals surface area contributed by atoms with Crippen molar-refractivity contribution in [1.82, 2.24) is 5.43 Å². The SMILES string of the molecule is NNCC(=CF)c1ccccc1. The number of hydrogen-bond acceptors (Lipinski definition) is 2. The number of halogens is 1. The highest BCUT2D eigenvalue weighted by atomic mass is 19.1. The van der Waals surface area contributed by atoms with E-state index < -0.39 is 0 Å². The van der Waals surface area contributed by atoms with Gasteiger partial charge in [0.25, 0.3) is 0 Å². The van der Waals surface area contributed by atoms with Crippen LogP contribution >= 0.6 is 0 Å². The fourth-order valence-electron chi connectivity index (χ4n) is 0.966. The molecule has 0 unspecified atom stereocenters. The van der Waals surface area contributed by atoms with E-state index in [4.69, 9.17) is 5.84 Å². The van der Waals surface area contributed by atoms with Gasteiger partial charge >= 0.3 is 0 Å². The highest BCUT2D eigenvalue weighted by Crippen LogP contribution is 2.12. The largest absolute Gasteiger partial charge is 0.271 e. The summed E-state index contributed by atoms with van der Waals surface area (Å²) in [4.78, 5) is 0.